The fourth-order valence-corrected chi connectivity index (χ4v) is 1.54. The van der Waals surface area contributed by atoms with E-state index in [-0.39, 0.29) is 0 Å². The second kappa shape index (κ2) is 4.82. The molecule has 4 heteroatoms. The van der Waals surface area contributed by atoms with Crippen molar-refractivity contribution in [3.63, 3.8) is 0 Å². The van der Waals surface area contributed by atoms with Gasteiger partial charge in [-0.15, -0.1) is 0 Å². The zero-order valence-corrected chi connectivity index (χ0v) is 10.1. The zero-order valence-electron chi connectivity index (χ0n) is 10.1. The number of nitrogens with zero attached hydrogens (tertiary/aromatic N) is 2. The lowest BCUT2D eigenvalue weighted by atomic mass is 10.1. The number of benzene rings is 1. The smallest absolute Gasteiger partial charge is 0.319 e. The third kappa shape index (κ3) is 2.36. The number of hydrogen-bond acceptors (Lipinski definition) is 4. The number of ether oxygens (including phenoxy) is 2. The first-order valence-electron chi connectivity index (χ1n) is 5.26. The highest BCUT2D eigenvalue weighted by Gasteiger charge is 2.09. The van der Waals surface area contributed by atoms with Crippen molar-refractivity contribution in [1.29, 1.82) is 0 Å². The van der Waals surface area contributed by atoms with Crippen molar-refractivity contribution in [2.45, 2.75) is 6.92 Å². The molecular weight excluding hydrogens is 216 g/mol. The summed E-state index contributed by atoms with van der Waals surface area (Å²) in [6.45, 7) is 2.05. The van der Waals surface area contributed by atoms with Crippen LogP contribution in [0, 0.1) is 6.92 Å². The highest BCUT2D eigenvalue weighted by molar-refractivity contribution is 5.68. The molecule has 0 N–H and O–H groups in total. The van der Waals surface area contributed by atoms with Gasteiger partial charge in [-0.25, -0.2) is 4.98 Å². The van der Waals surface area contributed by atoms with Crippen LogP contribution in [-0.2, 0) is 0 Å². The maximum Gasteiger partial charge on any atom is 0.319 e. The molecule has 2 aromatic rings. The fraction of sp³-hybridized carbons (Fsp3) is 0.231. The molecule has 0 unspecified atom stereocenters. The van der Waals surface area contributed by atoms with Crippen LogP contribution in [-0.4, -0.2) is 24.2 Å². The van der Waals surface area contributed by atoms with Gasteiger partial charge >= 0.3 is 6.01 Å². The summed E-state index contributed by atoms with van der Waals surface area (Å²) in [4.78, 5) is 8.24. The second-order valence-electron chi connectivity index (χ2n) is 3.65. The topological polar surface area (TPSA) is 44.2 Å². The molecule has 2 rings (SSSR count). The summed E-state index contributed by atoms with van der Waals surface area (Å²) in [5.74, 6) is 0.515. The normalized spacial score (nSPS) is 10.1. The molecule has 17 heavy (non-hydrogen) atoms. The summed E-state index contributed by atoms with van der Waals surface area (Å²) in [5, 5.41) is 0. The monoisotopic (exact) mass is 230 g/mol. The standard InChI is InChI=1S/C13H14N2O2/c1-9-4-6-10(7-5-9)11-8-14-13(17-3)15-12(11)16-2/h4-8H,1-3H3. The van der Waals surface area contributed by atoms with Crippen molar-refractivity contribution < 1.29 is 9.47 Å². The van der Waals surface area contributed by atoms with Crippen LogP contribution in [0.25, 0.3) is 11.1 Å². The van der Waals surface area contributed by atoms with Gasteiger partial charge in [-0.3, -0.25) is 0 Å². The van der Waals surface area contributed by atoms with E-state index in [9.17, 15) is 0 Å². The van der Waals surface area contributed by atoms with E-state index >= 15 is 0 Å². The SMILES string of the molecule is COc1ncc(-c2ccc(C)cc2)c(OC)n1. The number of methoxy groups -OCH3 is 2. The van der Waals surface area contributed by atoms with Gasteiger partial charge in [0.15, 0.2) is 0 Å². The second-order valence-corrected chi connectivity index (χ2v) is 3.65. The summed E-state index contributed by atoms with van der Waals surface area (Å²) in [7, 11) is 3.11. The van der Waals surface area contributed by atoms with E-state index in [1.807, 2.05) is 31.2 Å². The third-order valence-corrected chi connectivity index (χ3v) is 2.47. The molecule has 0 bridgehead atoms. The molecule has 1 heterocycles. The molecule has 88 valence electrons. The van der Waals surface area contributed by atoms with E-state index in [4.69, 9.17) is 9.47 Å². The van der Waals surface area contributed by atoms with Crippen LogP contribution in [0.5, 0.6) is 11.9 Å². The van der Waals surface area contributed by atoms with Crippen molar-refractivity contribution >= 4 is 0 Å². The van der Waals surface area contributed by atoms with Crippen LogP contribution in [0.3, 0.4) is 0 Å². The van der Waals surface area contributed by atoms with Crippen molar-refractivity contribution in [2.75, 3.05) is 14.2 Å². The quantitative estimate of drug-likeness (QED) is 0.812. The van der Waals surface area contributed by atoms with Crippen LogP contribution in [0.2, 0.25) is 0 Å². The fourth-order valence-electron chi connectivity index (χ4n) is 1.54. The van der Waals surface area contributed by atoms with Crippen molar-refractivity contribution in [3.8, 4) is 23.0 Å². The minimum atomic E-state index is 0.303. The Bertz CT molecular complexity index is 509. The first-order chi connectivity index (χ1) is 8.24. The predicted octanol–water partition coefficient (Wildman–Crippen LogP) is 2.47. The lowest BCUT2D eigenvalue weighted by Gasteiger charge is -2.08. The Balaban J connectivity index is 2.47. The molecule has 0 fully saturated rings. The van der Waals surface area contributed by atoms with Crippen LogP contribution in [0.1, 0.15) is 5.56 Å². The Morgan fingerprint density at radius 1 is 1.00 bits per heavy atom. The average Bonchev–Trinajstić information content (AvgIpc) is 2.39. The molecular formula is C13H14N2O2. The molecule has 0 aliphatic rings. The van der Waals surface area contributed by atoms with Gasteiger partial charge in [0, 0.05) is 6.20 Å². The van der Waals surface area contributed by atoms with E-state index in [0.717, 1.165) is 11.1 Å². The van der Waals surface area contributed by atoms with Crippen molar-refractivity contribution in [3.05, 3.63) is 36.0 Å². The van der Waals surface area contributed by atoms with E-state index in [1.54, 1.807) is 13.3 Å². The summed E-state index contributed by atoms with van der Waals surface area (Å²) in [6.07, 6.45) is 1.70. The van der Waals surface area contributed by atoms with Gasteiger partial charge in [0.1, 0.15) is 0 Å². The Hall–Kier alpha value is -2.10. The number of rotatable bonds is 3. The number of aryl methyl sites for hydroxylation is 1. The van der Waals surface area contributed by atoms with Gasteiger partial charge in [-0.05, 0) is 12.5 Å². The van der Waals surface area contributed by atoms with E-state index < -0.39 is 0 Å². The molecule has 0 aliphatic heterocycles. The van der Waals surface area contributed by atoms with Crippen molar-refractivity contribution in [2.24, 2.45) is 0 Å². The Morgan fingerprint density at radius 2 is 1.71 bits per heavy atom. The molecule has 0 radical (unpaired) electrons. The van der Waals surface area contributed by atoms with Crippen LogP contribution in [0.15, 0.2) is 30.5 Å². The Kier molecular flexibility index (Phi) is 3.23. The molecule has 1 aromatic heterocycles. The minimum absolute atomic E-state index is 0.303. The highest BCUT2D eigenvalue weighted by atomic mass is 16.5. The Morgan fingerprint density at radius 3 is 2.29 bits per heavy atom. The molecule has 0 saturated heterocycles. The maximum absolute atomic E-state index is 5.24. The van der Waals surface area contributed by atoms with Gasteiger partial charge in [-0.2, -0.15) is 4.98 Å². The van der Waals surface area contributed by atoms with E-state index in [2.05, 4.69) is 9.97 Å². The maximum atomic E-state index is 5.24. The largest absolute Gasteiger partial charge is 0.480 e. The number of hydrogen-bond donors (Lipinski definition) is 0. The first-order valence-corrected chi connectivity index (χ1v) is 5.26. The van der Waals surface area contributed by atoms with Crippen LogP contribution < -0.4 is 9.47 Å². The average molecular weight is 230 g/mol. The lowest BCUT2D eigenvalue weighted by molar-refractivity contribution is 0.353. The van der Waals surface area contributed by atoms with Gasteiger partial charge in [-0.1, -0.05) is 29.8 Å². The highest BCUT2D eigenvalue weighted by Crippen LogP contribution is 2.28. The molecule has 4 nitrogen and oxygen atoms in total. The van der Waals surface area contributed by atoms with Crippen LogP contribution >= 0.6 is 0 Å². The summed E-state index contributed by atoms with van der Waals surface area (Å²) in [6, 6.07) is 8.42. The first kappa shape index (κ1) is 11.4. The minimum Gasteiger partial charge on any atom is -0.480 e. The molecule has 0 atom stereocenters. The van der Waals surface area contributed by atoms with Crippen molar-refractivity contribution in [1.82, 2.24) is 9.97 Å². The summed E-state index contributed by atoms with van der Waals surface area (Å²) >= 11 is 0. The number of aromatic nitrogens is 2. The lowest BCUT2D eigenvalue weighted by Crippen LogP contribution is -1.97. The molecule has 0 spiro atoms. The molecule has 0 saturated carbocycles. The Labute approximate surface area is 100 Å². The molecule has 0 amide bonds. The van der Waals surface area contributed by atoms with Gasteiger partial charge in [0.25, 0.3) is 0 Å². The van der Waals surface area contributed by atoms with E-state index in [0.29, 0.717) is 11.9 Å². The molecule has 0 aliphatic carbocycles. The van der Waals surface area contributed by atoms with Gasteiger partial charge in [0.05, 0.1) is 19.8 Å². The van der Waals surface area contributed by atoms with E-state index in [1.165, 1.54) is 12.7 Å². The summed E-state index contributed by atoms with van der Waals surface area (Å²) in [5.41, 5.74) is 3.09. The van der Waals surface area contributed by atoms with Crippen LogP contribution in [0.4, 0.5) is 0 Å². The molecule has 1 aromatic carbocycles. The van der Waals surface area contributed by atoms with Gasteiger partial charge < -0.3 is 9.47 Å². The zero-order chi connectivity index (χ0) is 12.3. The summed E-state index contributed by atoms with van der Waals surface area (Å²) < 4.78 is 10.2. The third-order valence-electron chi connectivity index (χ3n) is 2.47. The van der Waals surface area contributed by atoms with Gasteiger partial charge in [0.2, 0.25) is 5.88 Å². The predicted molar refractivity (Wildman–Crippen MR) is 65.3 cm³/mol.